The van der Waals surface area contributed by atoms with Crippen molar-refractivity contribution in [2.24, 2.45) is 0 Å². The number of methoxy groups -OCH3 is 1. The molecule has 2 N–H and O–H groups in total. The van der Waals surface area contributed by atoms with Crippen LogP contribution in [0.25, 0.3) is 5.82 Å². The van der Waals surface area contributed by atoms with Gasteiger partial charge in [-0.25, -0.2) is 9.97 Å². The second-order valence-corrected chi connectivity index (χ2v) is 8.12. The highest BCUT2D eigenvalue weighted by molar-refractivity contribution is 6.06. The molecule has 0 spiro atoms. The summed E-state index contributed by atoms with van der Waals surface area (Å²) in [5, 5.41) is 6.49. The summed E-state index contributed by atoms with van der Waals surface area (Å²) in [4.78, 5) is 22.2. The Bertz CT molecular complexity index is 1340. The Balaban J connectivity index is 1.47. The van der Waals surface area contributed by atoms with Gasteiger partial charge in [-0.1, -0.05) is 30.3 Å². The molecule has 2 aromatic carbocycles. The van der Waals surface area contributed by atoms with Crippen LogP contribution >= 0.6 is 0 Å². The van der Waals surface area contributed by atoms with Gasteiger partial charge in [0.15, 0.2) is 0 Å². The number of aryl methyl sites for hydroxylation is 2. The number of amides is 1. The summed E-state index contributed by atoms with van der Waals surface area (Å²) in [6.45, 7) is 4.00. The van der Waals surface area contributed by atoms with Crippen molar-refractivity contribution in [3.05, 3.63) is 89.0 Å². The third kappa shape index (κ3) is 3.71. The van der Waals surface area contributed by atoms with Crippen molar-refractivity contribution >= 4 is 23.1 Å². The van der Waals surface area contributed by atoms with Gasteiger partial charge in [-0.05, 0) is 56.0 Å². The lowest BCUT2D eigenvalue weighted by Crippen LogP contribution is -2.20. The molecule has 166 valence electrons. The number of nitrogens with one attached hydrogen (secondary N) is 2. The molecule has 5 rings (SSSR count). The summed E-state index contributed by atoms with van der Waals surface area (Å²) in [7, 11) is 1.65. The summed E-state index contributed by atoms with van der Waals surface area (Å²) in [5.41, 5.74) is 6.42. The Kier molecular flexibility index (Phi) is 5.30. The number of carbonyl (C=O) groups is 1. The van der Waals surface area contributed by atoms with E-state index < -0.39 is 0 Å². The number of nitrogens with zero attached hydrogens (tertiary/aromatic N) is 3. The Labute approximate surface area is 192 Å². The molecule has 0 unspecified atom stereocenters. The lowest BCUT2D eigenvalue weighted by Gasteiger charge is -2.22. The highest BCUT2D eigenvalue weighted by Gasteiger charge is 2.26. The van der Waals surface area contributed by atoms with E-state index in [1.54, 1.807) is 13.4 Å². The minimum atomic E-state index is -0.106. The van der Waals surface area contributed by atoms with E-state index in [2.05, 4.69) is 20.6 Å². The molecule has 1 amide bonds. The van der Waals surface area contributed by atoms with Gasteiger partial charge in [-0.15, -0.1) is 0 Å². The maximum absolute atomic E-state index is 13.2. The second-order valence-electron chi connectivity index (χ2n) is 8.12. The number of anilines is 3. The van der Waals surface area contributed by atoms with E-state index in [9.17, 15) is 4.79 Å². The van der Waals surface area contributed by atoms with Crippen LogP contribution in [-0.2, 0) is 12.8 Å². The summed E-state index contributed by atoms with van der Waals surface area (Å²) >= 11 is 0. The van der Waals surface area contributed by atoms with Crippen molar-refractivity contribution in [2.45, 2.75) is 26.7 Å². The van der Waals surface area contributed by atoms with Crippen molar-refractivity contribution in [1.29, 1.82) is 0 Å². The number of hydrogen-bond donors (Lipinski definition) is 2. The quantitative estimate of drug-likeness (QED) is 0.458. The van der Waals surface area contributed by atoms with Gasteiger partial charge in [0.1, 0.15) is 23.7 Å². The van der Waals surface area contributed by atoms with Crippen molar-refractivity contribution < 1.29 is 9.53 Å². The molecule has 7 heteroatoms. The van der Waals surface area contributed by atoms with E-state index in [1.165, 1.54) is 0 Å². The van der Waals surface area contributed by atoms with Gasteiger partial charge in [-0.2, -0.15) is 0 Å². The number of carbonyl (C=O) groups excluding carboxylic acids is 1. The first-order valence-corrected chi connectivity index (χ1v) is 10.9. The lowest BCUT2D eigenvalue weighted by molar-refractivity contribution is 0.102. The molecule has 33 heavy (non-hydrogen) atoms. The molecule has 2 aromatic heterocycles. The van der Waals surface area contributed by atoms with Crippen LogP contribution in [0.1, 0.15) is 32.7 Å². The fourth-order valence-electron chi connectivity index (χ4n) is 4.39. The van der Waals surface area contributed by atoms with Gasteiger partial charge in [0.2, 0.25) is 0 Å². The summed E-state index contributed by atoms with van der Waals surface area (Å²) in [6.07, 6.45) is 4.89. The molecule has 0 fully saturated rings. The fourth-order valence-corrected chi connectivity index (χ4v) is 4.39. The Morgan fingerprint density at radius 2 is 1.79 bits per heavy atom. The van der Waals surface area contributed by atoms with Crippen LogP contribution in [0, 0.1) is 13.8 Å². The van der Waals surface area contributed by atoms with Crippen molar-refractivity contribution in [2.75, 3.05) is 17.7 Å². The third-order valence-corrected chi connectivity index (χ3v) is 6.08. The van der Waals surface area contributed by atoms with Crippen LogP contribution in [-0.4, -0.2) is 27.6 Å². The third-order valence-electron chi connectivity index (χ3n) is 6.08. The SMILES string of the molecule is COc1ccccc1Nc1ncnc2c1CCc1c(C(=O)Nc3c(C)cccc3C)ccn1-2. The number of aromatic nitrogens is 3. The van der Waals surface area contributed by atoms with Gasteiger partial charge in [-0.3, -0.25) is 4.79 Å². The maximum atomic E-state index is 13.2. The molecule has 1 aliphatic rings. The Morgan fingerprint density at radius 3 is 2.58 bits per heavy atom. The summed E-state index contributed by atoms with van der Waals surface area (Å²) in [5.74, 6) is 2.17. The molecular formula is C26H25N5O2. The van der Waals surface area contributed by atoms with Crippen LogP contribution in [0.2, 0.25) is 0 Å². The Morgan fingerprint density at radius 1 is 1.00 bits per heavy atom. The van der Waals surface area contributed by atoms with E-state index >= 15 is 0 Å². The van der Waals surface area contributed by atoms with Crippen LogP contribution < -0.4 is 15.4 Å². The fraction of sp³-hybridized carbons (Fsp3) is 0.192. The van der Waals surface area contributed by atoms with Crippen LogP contribution in [0.15, 0.2) is 61.1 Å². The zero-order chi connectivity index (χ0) is 22.9. The first kappa shape index (κ1) is 20.8. The van der Waals surface area contributed by atoms with Crippen LogP contribution in [0.5, 0.6) is 5.75 Å². The zero-order valence-corrected chi connectivity index (χ0v) is 18.8. The topological polar surface area (TPSA) is 81.1 Å². The molecule has 7 nitrogen and oxygen atoms in total. The van der Waals surface area contributed by atoms with E-state index in [0.29, 0.717) is 12.0 Å². The standard InChI is InChI=1S/C26H25N5O2/c1-16-7-6-8-17(2)23(16)30-26(32)18-13-14-31-21(18)12-11-19-24(27-15-28-25(19)31)29-20-9-4-5-10-22(20)33-3/h4-10,13-15H,11-12H2,1-3H3,(H,30,32)(H,27,28,29). The normalized spacial score (nSPS) is 12.0. The number of hydrogen-bond acceptors (Lipinski definition) is 5. The first-order valence-electron chi connectivity index (χ1n) is 10.9. The lowest BCUT2D eigenvalue weighted by atomic mass is 10.0. The number of rotatable bonds is 5. The van der Waals surface area contributed by atoms with Crippen molar-refractivity contribution in [3.8, 4) is 11.6 Å². The van der Waals surface area contributed by atoms with Crippen LogP contribution in [0.3, 0.4) is 0 Å². The van der Waals surface area contributed by atoms with E-state index in [0.717, 1.165) is 57.6 Å². The number of fused-ring (bicyclic) bond motifs is 3. The maximum Gasteiger partial charge on any atom is 0.257 e. The van der Waals surface area contributed by atoms with Gasteiger partial charge >= 0.3 is 0 Å². The highest BCUT2D eigenvalue weighted by atomic mass is 16.5. The predicted molar refractivity (Wildman–Crippen MR) is 129 cm³/mol. The van der Waals surface area contributed by atoms with Crippen molar-refractivity contribution in [1.82, 2.24) is 14.5 Å². The van der Waals surface area contributed by atoms with Gasteiger partial charge in [0.25, 0.3) is 5.91 Å². The molecule has 0 saturated carbocycles. The van der Waals surface area contributed by atoms with E-state index in [1.807, 2.05) is 73.1 Å². The zero-order valence-electron chi connectivity index (χ0n) is 18.8. The monoisotopic (exact) mass is 439 g/mol. The van der Waals surface area contributed by atoms with E-state index in [-0.39, 0.29) is 5.91 Å². The van der Waals surface area contributed by atoms with Gasteiger partial charge < -0.3 is 19.9 Å². The number of ether oxygens (including phenoxy) is 1. The van der Waals surface area contributed by atoms with Crippen LogP contribution in [0.4, 0.5) is 17.2 Å². The molecule has 0 radical (unpaired) electrons. The van der Waals surface area contributed by atoms with Gasteiger partial charge in [0, 0.05) is 23.1 Å². The first-order chi connectivity index (χ1) is 16.1. The molecule has 1 aliphatic heterocycles. The molecule has 4 aromatic rings. The smallest absolute Gasteiger partial charge is 0.257 e. The highest BCUT2D eigenvalue weighted by Crippen LogP contribution is 2.33. The number of para-hydroxylation sites is 3. The second kappa shape index (κ2) is 8.43. The molecule has 0 aliphatic carbocycles. The Hall–Kier alpha value is -4.13. The van der Waals surface area contributed by atoms with Gasteiger partial charge in [0.05, 0.1) is 18.4 Å². The van der Waals surface area contributed by atoms with E-state index in [4.69, 9.17) is 4.74 Å². The minimum absolute atomic E-state index is 0.106. The predicted octanol–water partition coefficient (Wildman–Crippen LogP) is 4.99. The molecule has 0 atom stereocenters. The largest absolute Gasteiger partial charge is 0.495 e. The molecular weight excluding hydrogens is 414 g/mol. The molecule has 0 saturated heterocycles. The summed E-state index contributed by atoms with van der Waals surface area (Å²) in [6, 6.07) is 15.6. The number of benzene rings is 2. The molecule has 3 heterocycles. The summed E-state index contributed by atoms with van der Waals surface area (Å²) < 4.78 is 7.45. The minimum Gasteiger partial charge on any atom is -0.495 e. The average Bonchev–Trinajstić information content (AvgIpc) is 3.27. The average molecular weight is 440 g/mol. The van der Waals surface area contributed by atoms with Crippen molar-refractivity contribution in [3.63, 3.8) is 0 Å². The molecule has 0 bridgehead atoms.